The van der Waals surface area contributed by atoms with E-state index < -0.39 is 0 Å². The molecular weight excluding hydrogens is 420 g/mol. The van der Waals surface area contributed by atoms with Crippen molar-refractivity contribution in [3.8, 4) is 11.4 Å². The van der Waals surface area contributed by atoms with Crippen molar-refractivity contribution < 1.29 is 9.53 Å². The number of ether oxygens (including phenoxy) is 1. The van der Waals surface area contributed by atoms with Crippen LogP contribution in [0.5, 0.6) is 5.75 Å². The molecule has 0 radical (unpaired) electrons. The summed E-state index contributed by atoms with van der Waals surface area (Å²) in [7, 11) is 0. The Morgan fingerprint density at radius 1 is 1.31 bits per heavy atom. The van der Waals surface area contributed by atoms with E-state index in [2.05, 4.69) is 31.3 Å². The average molecular weight is 436 g/mol. The van der Waals surface area contributed by atoms with Crippen LogP contribution in [0.25, 0.3) is 5.69 Å². The van der Waals surface area contributed by atoms with E-state index in [1.807, 2.05) is 31.2 Å². The number of hydrogen-bond donors (Lipinski definition) is 1. The van der Waals surface area contributed by atoms with Gasteiger partial charge in [0, 0.05) is 4.47 Å². The van der Waals surface area contributed by atoms with Gasteiger partial charge >= 0.3 is 0 Å². The molecule has 0 fully saturated rings. The van der Waals surface area contributed by atoms with Gasteiger partial charge < -0.3 is 10.1 Å². The predicted molar refractivity (Wildman–Crippen MR) is 103 cm³/mol. The fourth-order valence-corrected chi connectivity index (χ4v) is 3.09. The van der Waals surface area contributed by atoms with E-state index >= 15 is 0 Å². The lowest BCUT2D eigenvalue weighted by atomic mass is 10.1. The summed E-state index contributed by atoms with van der Waals surface area (Å²) in [6.07, 6.45) is 3.11. The van der Waals surface area contributed by atoms with Crippen LogP contribution >= 0.6 is 27.5 Å². The molecule has 0 saturated carbocycles. The number of halogens is 2. The number of amides is 1. The van der Waals surface area contributed by atoms with Gasteiger partial charge in [-0.05, 0) is 42.8 Å². The van der Waals surface area contributed by atoms with Crippen molar-refractivity contribution in [2.45, 2.75) is 13.0 Å². The maximum absolute atomic E-state index is 12.1. The second-order valence-electron chi connectivity index (χ2n) is 5.58. The second-order valence-corrected chi connectivity index (χ2v) is 6.91. The summed E-state index contributed by atoms with van der Waals surface area (Å²) >= 11 is 9.40. The topological polar surface area (TPSA) is 69.0 Å². The molecule has 1 atom stereocenters. The van der Waals surface area contributed by atoms with Crippen molar-refractivity contribution in [1.82, 2.24) is 20.1 Å². The third-order valence-corrected chi connectivity index (χ3v) is 4.50. The van der Waals surface area contributed by atoms with Gasteiger partial charge in [-0.1, -0.05) is 39.7 Å². The highest BCUT2D eigenvalue weighted by molar-refractivity contribution is 9.10. The zero-order valence-corrected chi connectivity index (χ0v) is 16.2. The first-order chi connectivity index (χ1) is 12.5. The fraction of sp³-hybridized carbons (Fsp3) is 0.167. The third kappa shape index (κ3) is 4.62. The van der Waals surface area contributed by atoms with Gasteiger partial charge in [0.1, 0.15) is 18.4 Å². The molecule has 0 aliphatic heterocycles. The summed E-state index contributed by atoms with van der Waals surface area (Å²) in [6.45, 7) is 1.80. The van der Waals surface area contributed by atoms with Crippen LogP contribution < -0.4 is 10.1 Å². The first-order valence-electron chi connectivity index (χ1n) is 7.85. The summed E-state index contributed by atoms with van der Waals surface area (Å²) in [5.41, 5.74) is 1.88. The van der Waals surface area contributed by atoms with Crippen LogP contribution in [0.2, 0.25) is 5.02 Å². The number of rotatable bonds is 6. The van der Waals surface area contributed by atoms with Gasteiger partial charge in [-0.25, -0.2) is 9.67 Å². The summed E-state index contributed by atoms with van der Waals surface area (Å²) < 4.78 is 7.99. The van der Waals surface area contributed by atoms with Crippen LogP contribution in [0.1, 0.15) is 18.5 Å². The summed E-state index contributed by atoms with van der Waals surface area (Å²) in [4.78, 5) is 16.0. The Balaban J connectivity index is 1.55. The molecule has 1 aromatic heterocycles. The Labute approximate surface area is 164 Å². The summed E-state index contributed by atoms with van der Waals surface area (Å²) in [5, 5.41) is 7.43. The maximum Gasteiger partial charge on any atom is 0.258 e. The molecule has 3 rings (SSSR count). The molecule has 0 aliphatic rings. The van der Waals surface area contributed by atoms with E-state index in [-0.39, 0.29) is 18.6 Å². The maximum atomic E-state index is 12.1. The van der Waals surface area contributed by atoms with Crippen molar-refractivity contribution >= 4 is 33.4 Å². The third-order valence-electron chi connectivity index (χ3n) is 3.71. The highest BCUT2D eigenvalue weighted by Gasteiger charge is 2.11. The molecule has 0 unspecified atom stereocenters. The minimum atomic E-state index is -0.225. The minimum Gasteiger partial charge on any atom is -0.482 e. The van der Waals surface area contributed by atoms with Crippen molar-refractivity contribution in [1.29, 1.82) is 0 Å². The molecule has 0 bridgehead atoms. The Bertz CT molecular complexity index is 885. The van der Waals surface area contributed by atoms with Crippen molar-refractivity contribution in [2.24, 2.45) is 0 Å². The molecule has 0 spiro atoms. The Hall–Kier alpha value is -2.38. The lowest BCUT2D eigenvalue weighted by Crippen LogP contribution is -2.31. The normalized spacial score (nSPS) is 11.8. The van der Waals surface area contributed by atoms with Crippen LogP contribution in [0.15, 0.2) is 59.6 Å². The largest absolute Gasteiger partial charge is 0.482 e. The second kappa shape index (κ2) is 8.33. The van der Waals surface area contributed by atoms with Gasteiger partial charge in [0.25, 0.3) is 5.91 Å². The van der Waals surface area contributed by atoms with Gasteiger partial charge in [0.2, 0.25) is 0 Å². The number of aromatic nitrogens is 3. The molecule has 6 nitrogen and oxygen atoms in total. The Morgan fingerprint density at radius 2 is 2.08 bits per heavy atom. The van der Waals surface area contributed by atoms with E-state index in [0.29, 0.717) is 10.8 Å². The van der Waals surface area contributed by atoms with E-state index in [9.17, 15) is 4.79 Å². The molecule has 1 amide bonds. The molecule has 8 heteroatoms. The van der Waals surface area contributed by atoms with Crippen LogP contribution in [-0.4, -0.2) is 27.3 Å². The van der Waals surface area contributed by atoms with Crippen molar-refractivity contribution in [3.05, 3.63) is 70.2 Å². The van der Waals surface area contributed by atoms with Crippen molar-refractivity contribution in [3.63, 3.8) is 0 Å². The molecule has 1 heterocycles. The number of nitrogens with zero attached hydrogens (tertiary/aromatic N) is 3. The molecule has 0 saturated heterocycles. The van der Waals surface area contributed by atoms with Crippen molar-refractivity contribution in [2.75, 3.05) is 6.61 Å². The van der Waals surface area contributed by atoms with Gasteiger partial charge in [-0.2, -0.15) is 5.10 Å². The van der Waals surface area contributed by atoms with E-state index in [1.165, 1.54) is 6.33 Å². The SMILES string of the molecule is C[C@H](NC(=O)COc1ccc(Br)cc1Cl)c1ccc(-n2cncn2)cc1. The van der Waals surface area contributed by atoms with Crippen LogP contribution in [0.4, 0.5) is 0 Å². The molecule has 3 aromatic rings. The monoisotopic (exact) mass is 434 g/mol. The zero-order chi connectivity index (χ0) is 18.5. The number of benzene rings is 2. The van der Waals surface area contributed by atoms with Gasteiger partial charge in [-0.3, -0.25) is 4.79 Å². The quantitative estimate of drug-likeness (QED) is 0.637. The van der Waals surface area contributed by atoms with Crippen LogP contribution in [0, 0.1) is 0 Å². The molecule has 134 valence electrons. The molecule has 0 aliphatic carbocycles. The molecule has 26 heavy (non-hydrogen) atoms. The highest BCUT2D eigenvalue weighted by Crippen LogP contribution is 2.27. The van der Waals surface area contributed by atoms with Gasteiger partial charge in [0.15, 0.2) is 6.61 Å². The fourth-order valence-electron chi connectivity index (χ4n) is 2.36. The zero-order valence-electron chi connectivity index (χ0n) is 13.9. The average Bonchev–Trinajstić information content (AvgIpc) is 3.16. The Kier molecular flexibility index (Phi) is 5.90. The number of carbonyl (C=O) groups is 1. The number of carbonyl (C=O) groups excluding carboxylic acids is 1. The van der Waals surface area contributed by atoms with Gasteiger partial charge in [0.05, 0.1) is 16.8 Å². The van der Waals surface area contributed by atoms with Crippen LogP contribution in [0.3, 0.4) is 0 Å². The lowest BCUT2D eigenvalue weighted by Gasteiger charge is -2.15. The van der Waals surface area contributed by atoms with Crippen LogP contribution in [-0.2, 0) is 4.79 Å². The highest BCUT2D eigenvalue weighted by atomic mass is 79.9. The van der Waals surface area contributed by atoms with E-state index in [1.54, 1.807) is 29.2 Å². The standard InChI is InChI=1S/C18H16BrClN4O2/c1-12(13-2-5-15(6-3-13)24-11-21-10-22-24)23-18(25)9-26-17-7-4-14(19)8-16(17)20/h2-8,10-12H,9H2,1H3,(H,23,25)/t12-/m0/s1. The summed E-state index contributed by atoms with van der Waals surface area (Å²) in [5.74, 6) is 0.242. The molecular formula is C18H16BrClN4O2. The summed E-state index contributed by atoms with van der Waals surface area (Å²) in [6, 6.07) is 12.8. The number of nitrogens with one attached hydrogen (secondary N) is 1. The first kappa shape index (κ1) is 18.4. The molecule has 1 N–H and O–H groups in total. The number of hydrogen-bond acceptors (Lipinski definition) is 4. The smallest absolute Gasteiger partial charge is 0.258 e. The lowest BCUT2D eigenvalue weighted by molar-refractivity contribution is -0.123. The predicted octanol–water partition coefficient (Wildman–Crippen LogP) is 3.94. The van der Waals surface area contributed by atoms with Gasteiger partial charge in [-0.15, -0.1) is 0 Å². The molecule has 2 aromatic carbocycles. The van der Waals surface area contributed by atoms with E-state index in [0.717, 1.165) is 15.7 Å². The minimum absolute atomic E-state index is 0.108. The first-order valence-corrected chi connectivity index (χ1v) is 9.02. The Morgan fingerprint density at radius 3 is 2.73 bits per heavy atom. The van der Waals surface area contributed by atoms with E-state index in [4.69, 9.17) is 16.3 Å².